The number of amides is 1. The van der Waals surface area contributed by atoms with Crippen molar-refractivity contribution in [1.29, 1.82) is 0 Å². The number of carbonyl (C=O) groups is 2. The minimum absolute atomic E-state index is 0.0314. The Morgan fingerprint density at radius 1 is 1.03 bits per heavy atom. The smallest absolute Gasteiger partial charge is 0.232 e. The largest absolute Gasteiger partial charge is 0.383 e. The molecule has 0 unspecified atom stereocenters. The third-order valence-electron chi connectivity index (χ3n) is 6.77. The van der Waals surface area contributed by atoms with Gasteiger partial charge in [0.2, 0.25) is 5.91 Å². The van der Waals surface area contributed by atoms with Gasteiger partial charge in [-0.25, -0.2) is 4.39 Å². The second-order valence-electron chi connectivity index (χ2n) is 9.23. The van der Waals surface area contributed by atoms with Crippen molar-refractivity contribution in [2.24, 2.45) is 5.92 Å². The Balaban J connectivity index is 1.35. The van der Waals surface area contributed by atoms with Crippen LogP contribution in [-0.2, 0) is 11.3 Å². The maximum absolute atomic E-state index is 14.1. The summed E-state index contributed by atoms with van der Waals surface area (Å²) >= 11 is 0. The van der Waals surface area contributed by atoms with Gasteiger partial charge >= 0.3 is 0 Å². The van der Waals surface area contributed by atoms with E-state index in [4.69, 9.17) is 0 Å². The van der Waals surface area contributed by atoms with Crippen molar-refractivity contribution in [3.63, 3.8) is 0 Å². The number of nitrogens with one attached hydrogen (secondary N) is 1. The molecule has 0 radical (unpaired) electrons. The molecule has 1 fully saturated rings. The molecule has 3 aromatic rings. The molecule has 2 aromatic carbocycles. The summed E-state index contributed by atoms with van der Waals surface area (Å²) in [4.78, 5) is 35.0. The summed E-state index contributed by atoms with van der Waals surface area (Å²) in [5, 5.41) is 3.25. The van der Waals surface area contributed by atoms with E-state index in [1.165, 1.54) is 31.4 Å². The summed E-state index contributed by atoms with van der Waals surface area (Å²) in [7, 11) is 0. The Morgan fingerprint density at radius 2 is 1.83 bits per heavy atom. The normalized spacial score (nSPS) is 18.0. The van der Waals surface area contributed by atoms with Crippen LogP contribution in [0.2, 0.25) is 0 Å². The number of aromatic nitrogens is 1. The van der Waals surface area contributed by atoms with Crippen LogP contribution in [0.1, 0.15) is 41.7 Å². The minimum atomic E-state index is -0.592. The number of benzene rings is 2. The van der Waals surface area contributed by atoms with Gasteiger partial charge in [0.05, 0.1) is 35.7 Å². The van der Waals surface area contributed by atoms with E-state index in [1.54, 1.807) is 23.2 Å². The highest BCUT2D eigenvalue weighted by Gasteiger charge is 2.32. The highest BCUT2D eigenvalue weighted by atomic mass is 19.1. The van der Waals surface area contributed by atoms with E-state index in [1.807, 2.05) is 36.4 Å². The van der Waals surface area contributed by atoms with Gasteiger partial charge in [-0.3, -0.25) is 14.6 Å². The van der Waals surface area contributed by atoms with E-state index < -0.39 is 11.7 Å². The number of ketones is 1. The van der Waals surface area contributed by atoms with Crippen LogP contribution in [0, 0.1) is 11.7 Å². The lowest BCUT2D eigenvalue weighted by Gasteiger charge is -2.28. The van der Waals surface area contributed by atoms with Crippen LogP contribution in [0.15, 0.2) is 66.9 Å². The molecule has 1 amide bonds. The van der Waals surface area contributed by atoms with E-state index in [0.717, 1.165) is 24.3 Å². The Kier molecular flexibility index (Phi) is 6.75. The summed E-state index contributed by atoms with van der Waals surface area (Å²) in [6.07, 6.45) is 5.38. The number of carbonyl (C=O) groups excluding carboxylic acids is 2. The second kappa shape index (κ2) is 10.3. The highest BCUT2D eigenvalue weighted by molar-refractivity contribution is 6.03. The van der Waals surface area contributed by atoms with Gasteiger partial charge in [0.1, 0.15) is 11.5 Å². The van der Waals surface area contributed by atoms with Gasteiger partial charge in [-0.15, -0.1) is 0 Å². The van der Waals surface area contributed by atoms with Gasteiger partial charge in [0, 0.05) is 26.1 Å². The Morgan fingerprint density at radius 3 is 2.57 bits per heavy atom. The summed E-state index contributed by atoms with van der Waals surface area (Å²) in [5.41, 5.74) is 3.48. The molecule has 180 valence electrons. The molecule has 0 aliphatic carbocycles. The number of hydrogen-bond acceptors (Lipinski definition) is 5. The molecule has 0 bridgehead atoms. The quantitative estimate of drug-likeness (QED) is 0.508. The van der Waals surface area contributed by atoms with Crippen LogP contribution < -0.4 is 15.1 Å². The predicted molar refractivity (Wildman–Crippen MR) is 135 cm³/mol. The van der Waals surface area contributed by atoms with Crippen molar-refractivity contribution < 1.29 is 14.0 Å². The minimum Gasteiger partial charge on any atom is -0.383 e. The zero-order valence-electron chi connectivity index (χ0n) is 19.6. The fraction of sp³-hybridized carbons (Fsp3) is 0.321. The van der Waals surface area contributed by atoms with Gasteiger partial charge in [-0.2, -0.15) is 0 Å². The monoisotopic (exact) mass is 472 g/mol. The number of hydrogen-bond donors (Lipinski definition) is 1. The van der Waals surface area contributed by atoms with Crippen molar-refractivity contribution in [3.05, 3.63) is 83.9 Å². The SMILES string of the molecule is O=C(C[C@H]1CNc2ccc(F)cc2N(Cc2ccccc2)C1=O)c1ccc(N2CCCCC2)cn1. The molecule has 0 saturated carbocycles. The molecule has 3 heterocycles. The van der Waals surface area contributed by atoms with Crippen molar-refractivity contribution in [1.82, 2.24) is 4.98 Å². The van der Waals surface area contributed by atoms with Crippen LogP contribution in [0.25, 0.3) is 0 Å². The molecule has 2 aliphatic heterocycles. The fourth-order valence-electron chi connectivity index (χ4n) is 4.84. The average Bonchev–Trinajstić information content (AvgIpc) is 3.02. The molecule has 1 saturated heterocycles. The van der Waals surface area contributed by atoms with E-state index in [9.17, 15) is 14.0 Å². The molecule has 7 heteroatoms. The van der Waals surface area contributed by atoms with Gasteiger partial charge < -0.3 is 15.1 Å². The molecule has 1 aromatic heterocycles. The molecule has 0 spiro atoms. The number of halogens is 1. The molecular formula is C28H29FN4O2. The molecule has 2 aliphatic rings. The average molecular weight is 473 g/mol. The molecular weight excluding hydrogens is 443 g/mol. The maximum Gasteiger partial charge on any atom is 0.232 e. The van der Waals surface area contributed by atoms with Gasteiger partial charge in [0.15, 0.2) is 5.78 Å². The van der Waals surface area contributed by atoms with Crippen LogP contribution in [-0.4, -0.2) is 36.3 Å². The first-order valence-electron chi connectivity index (χ1n) is 12.2. The number of rotatable bonds is 6. The number of nitrogens with zero attached hydrogens (tertiary/aromatic N) is 3. The third-order valence-corrected chi connectivity index (χ3v) is 6.77. The van der Waals surface area contributed by atoms with E-state index in [2.05, 4.69) is 15.2 Å². The Labute approximate surface area is 204 Å². The first-order valence-corrected chi connectivity index (χ1v) is 12.2. The summed E-state index contributed by atoms with van der Waals surface area (Å²) in [6, 6.07) is 17.7. The predicted octanol–water partition coefficient (Wildman–Crippen LogP) is 5.06. The van der Waals surface area contributed by atoms with Gasteiger partial charge in [-0.1, -0.05) is 30.3 Å². The summed E-state index contributed by atoms with van der Waals surface area (Å²) in [5.74, 6) is -1.38. The van der Waals surface area contributed by atoms with Gasteiger partial charge in [0.25, 0.3) is 0 Å². The first kappa shape index (κ1) is 23.0. The molecule has 1 N–H and O–H groups in total. The highest BCUT2D eigenvalue weighted by Crippen LogP contribution is 2.33. The van der Waals surface area contributed by atoms with Gasteiger partial charge in [-0.05, 0) is 55.2 Å². The number of fused-ring (bicyclic) bond motifs is 1. The molecule has 1 atom stereocenters. The van der Waals surface area contributed by atoms with E-state index in [0.29, 0.717) is 30.2 Å². The number of Topliss-reactive ketones (excluding diaryl/α,β-unsaturated/α-hetero) is 1. The second-order valence-corrected chi connectivity index (χ2v) is 9.23. The number of anilines is 3. The maximum atomic E-state index is 14.1. The topological polar surface area (TPSA) is 65.5 Å². The lowest BCUT2D eigenvalue weighted by atomic mass is 9.98. The molecule has 35 heavy (non-hydrogen) atoms. The standard InChI is InChI=1S/C28H29FN4O2/c29-22-9-11-24-26(16-22)33(19-20-7-3-1-4-8-20)28(35)21(17-30-24)15-27(34)25-12-10-23(18-31-25)32-13-5-2-6-14-32/h1,3-4,7-12,16,18,21,30H,2,5-6,13-15,17,19H2/t21-/m0/s1. The number of piperidine rings is 1. The van der Waals surface area contributed by atoms with E-state index >= 15 is 0 Å². The third kappa shape index (κ3) is 5.19. The van der Waals surface area contributed by atoms with Crippen molar-refractivity contribution in [2.75, 3.05) is 34.8 Å². The molecule has 6 nitrogen and oxygen atoms in total. The zero-order chi connectivity index (χ0) is 24.2. The summed E-state index contributed by atoms with van der Waals surface area (Å²) < 4.78 is 14.1. The first-order chi connectivity index (χ1) is 17.1. The lowest BCUT2D eigenvalue weighted by molar-refractivity contribution is -0.122. The Bertz CT molecular complexity index is 1190. The summed E-state index contributed by atoms with van der Waals surface area (Å²) in [6.45, 7) is 2.61. The van der Waals surface area contributed by atoms with Crippen molar-refractivity contribution in [3.8, 4) is 0 Å². The fourth-order valence-corrected chi connectivity index (χ4v) is 4.84. The van der Waals surface area contributed by atoms with Crippen LogP contribution in [0.4, 0.5) is 21.5 Å². The zero-order valence-corrected chi connectivity index (χ0v) is 19.6. The van der Waals surface area contributed by atoms with Crippen LogP contribution >= 0.6 is 0 Å². The molecule has 5 rings (SSSR count). The van der Waals surface area contributed by atoms with E-state index in [-0.39, 0.29) is 18.1 Å². The number of pyridine rings is 1. The van der Waals surface area contributed by atoms with Crippen molar-refractivity contribution in [2.45, 2.75) is 32.2 Å². The van der Waals surface area contributed by atoms with Crippen LogP contribution in [0.5, 0.6) is 0 Å². The lowest BCUT2D eigenvalue weighted by Crippen LogP contribution is -2.37. The van der Waals surface area contributed by atoms with Crippen LogP contribution in [0.3, 0.4) is 0 Å². The Hall–Kier alpha value is -3.74. The van der Waals surface area contributed by atoms with Crippen molar-refractivity contribution >= 4 is 28.8 Å².